The van der Waals surface area contributed by atoms with Gasteiger partial charge in [0.15, 0.2) is 12.3 Å². The van der Waals surface area contributed by atoms with Crippen LogP contribution < -0.4 is 0 Å². The van der Waals surface area contributed by atoms with E-state index in [0.717, 1.165) is 0 Å². The molecule has 1 rings (SSSR count). The van der Waals surface area contributed by atoms with E-state index in [4.69, 9.17) is 6.42 Å². The summed E-state index contributed by atoms with van der Waals surface area (Å²) in [6.07, 6.45) is 6.42. The van der Waals surface area contributed by atoms with E-state index in [2.05, 4.69) is 20.6 Å². The minimum absolute atomic E-state index is 0.0398. The molecule has 1 aromatic rings. The summed E-state index contributed by atoms with van der Waals surface area (Å²) in [7, 11) is 0. The third-order valence-corrected chi connectivity index (χ3v) is 1.27. The van der Waals surface area contributed by atoms with Gasteiger partial charge in [-0.3, -0.25) is 0 Å². The standard InChI is InChI=1S/C9H8N2O2/c1-3-6-13-9(12)8-4-5-10-7(2)11-8/h1,4-5H,6H2,2H3. The Bertz CT molecular complexity index is 355. The maximum atomic E-state index is 11.1. The fourth-order valence-corrected chi connectivity index (χ4v) is 0.751. The molecule has 4 nitrogen and oxygen atoms in total. The van der Waals surface area contributed by atoms with E-state index in [1.165, 1.54) is 12.3 Å². The molecule has 66 valence electrons. The van der Waals surface area contributed by atoms with Crippen LogP contribution in [-0.2, 0) is 4.74 Å². The van der Waals surface area contributed by atoms with E-state index >= 15 is 0 Å². The maximum Gasteiger partial charge on any atom is 0.358 e. The molecule has 0 saturated heterocycles. The number of esters is 1. The highest BCUT2D eigenvalue weighted by Crippen LogP contribution is 1.96. The predicted molar refractivity (Wildman–Crippen MR) is 45.9 cm³/mol. The Balaban J connectivity index is 2.72. The van der Waals surface area contributed by atoms with Gasteiger partial charge in [0, 0.05) is 6.20 Å². The summed E-state index contributed by atoms with van der Waals surface area (Å²) in [6, 6.07) is 1.48. The number of carbonyl (C=O) groups excluding carboxylic acids is 1. The molecule has 0 aliphatic heterocycles. The SMILES string of the molecule is C#CCOC(=O)c1ccnc(C)n1. The van der Waals surface area contributed by atoms with E-state index < -0.39 is 5.97 Å². The third-order valence-electron chi connectivity index (χ3n) is 1.27. The maximum absolute atomic E-state index is 11.1. The lowest BCUT2D eigenvalue weighted by molar-refractivity contribution is 0.0549. The van der Waals surface area contributed by atoms with Crippen molar-refractivity contribution in [3.05, 3.63) is 23.8 Å². The summed E-state index contributed by atoms with van der Waals surface area (Å²) in [5.41, 5.74) is 0.225. The van der Waals surface area contributed by atoms with Gasteiger partial charge in [-0.2, -0.15) is 0 Å². The number of hydrogen-bond donors (Lipinski definition) is 0. The molecule has 0 radical (unpaired) electrons. The molecule has 0 spiro atoms. The molecule has 0 bridgehead atoms. The number of rotatable bonds is 2. The van der Waals surface area contributed by atoms with Crippen LogP contribution in [-0.4, -0.2) is 22.5 Å². The number of nitrogens with zero attached hydrogens (tertiary/aromatic N) is 2. The van der Waals surface area contributed by atoms with Gasteiger partial charge in [-0.25, -0.2) is 14.8 Å². The number of aryl methyl sites for hydroxylation is 1. The summed E-state index contributed by atoms with van der Waals surface area (Å²) < 4.78 is 4.67. The van der Waals surface area contributed by atoms with Crippen LogP contribution in [0.3, 0.4) is 0 Å². The smallest absolute Gasteiger partial charge is 0.358 e. The highest BCUT2D eigenvalue weighted by Gasteiger charge is 2.07. The number of hydrogen-bond acceptors (Lipinski definition) is 4. The van der Waals surface area contributed by atoms with Crippen LogP contribution in [0.1, 0.15) is 16.3 Å². The Morgan fingerprint density at radius 3 is 3.15 bits per heavy atom. The normalized spacial score (nSPS) is 8.92. The second-order valence-corrected chi connectivity index (χ2v) is 2.27. The van der Waals surface area contributed by atoms with Crippen molar-refractivity contribution in [1.29, 1.82) is 0 Å². The minimum Gasteiger partial charge on any atom is -0.448 e. The van der Waals surface area contributed by atoms with Crippen molar-refractivity contribution in [3.8, 4) is 12.3 Å². The molecule has 0 aliphatic carbocycles. The van der Waals surface area contributed by atoms with E-state index in [9.17, 15) is 4.79 Å². The van der Waals surface area contributed by atoms with Crippen LogP contribution in [0, 0.1) is 19.3 Å². The van der Waals surface area contributed by atoms with E-state index in [0.29, 0.717) is 5.82 Å². The topological polar surface area (TPSA) is 52.1 Å². The van der Waals surface area contributed by atoms with Crippen LogP contribution in [0.15, 0.2) is 12.3 Å². The van der Waals surface area contributed by atoms with Crippen LogP contribution >= 0.6 is 0 Å². The zero-order valence-electron chi connectivity index (χ0n) is 7.15. The molecule has 1 heterocycles. The lowest BCUT2D eigenvalue weighted by atomic mass is 10.4. The van der Waals surface area contributed by atoms with Gasteiger partial charge in [0.25, 0.3) is 0 Å². The molecular formula is C9H8N2O2. The molecule has 0 fully saturated rings. The van der Waals surface area contributed by atoms with Gasteiger partial charge in [-0.1, -0.05) is 5.92 Å². The lowest BCUT2D eigenvalue weighted by Gasteiger charge is -1.99. The van der Waals surface area contributed by atoms with E-state index in [1.54, 1.807) is 6.92 Å². The average Bonchev–Trinajstić information content (AvgIpc) is 2.14. The van der Waals surface area contributed by atoms with Crippen molar-refractivity contribution in [2.75, 3.05) is 6.61 Å². The molecule has 0 saturated carbocycles. The van der Waals surface area contributed by atoms with Gasteiger partial charge in [0.1, 0.15) is 5.82 Å². The summed E-state index contributed by atoms with van der Waals surface area (Å²) in [4.78, 5) is 18.9. The van der Waals surface area contributed by atoms with E-state index in [1.807, 2.05) is 0 Å². The Labute approximate surface area is 76.0 Å². The molecular weight excluding hydrogens is 168 g/mol. The molecule has 4 heteroatoms. The molecule has 0 atom stereocenters. The first-order chi connectivity index (χ1) is 6.24. The van der Waals surface area contributed by atoms with Gasteiger partial charge in [-0.15, -0.1) is 6.42 Å². The highest BCUT2D eigenvalue weighted by atomic mass is 16.5. The van der Waals surface area contributed by atoms with Crippen LogP contribution in [0.2, 0.25) is 0 Å². The van der Waals surface area contributed by atoms with Crippen molar-refractivity contribution < 1.29 is 9.53 Å². The van der Waals surface area contributed by atoms with Gasteiger partial charge in [-0.05, 0) is 13.0 Å². The van der Waals surface area contributed by atoms with Crippen molar-refractivity contribution in [2.45, 2.75) is 6.92 Å². The van der Waals surface area contributed by atoms with Crippen molar-refractivity contribution in [3.63, 3.8) is 0 Å². The van der Waals surface area contributed by atoms with E-state index in [-0.39, 0.29) is 12.3 Å². The third kappa shape index (κ3) is 2.56. The highest BCUT2D eigenvalue weighted by molar-refractivity contribution is 5.87. The van der Waals surface area contributed by atoms with Crippen LogP contribution in [0.4, 0.5) is 0 Å². The second kappa shape index (κ2) is 4.21. The quantitative estimate of drug-likeness (QED) is 0.488. The average molecular weight is 176 g/mol. The van der Waals surface area contributed by atoms with Gasteiger partial charge in [0.2, 0.25) is 0 Å². The first kappa shape index (κ1) is 9.20. The summed E-state index contributed by atoms with van der Waals surface area (Å²) in [5, 5.41) is 0. The Morgan fingerprint density at radius 1 is 1.77 bits per heavy atom. The number of terminal acetylenes is 1. The fraction of sp³-hybridized carbons (Fsp3) is 0.222. The Hall–Kier alpha value is -1.89. The summed E-state index contributed by atoms with van der Waals surface area (Å²) in [6.45, 7) is 1.65. The zero-order valence-corrected chi connectivity index (χ0v) is 7.15. The van der Waals surface area contributed by atoms with Crippen molar-refractivity contribution >= 4 is 5.97 Å². The first-order valence-electron chi connectivity index (χ1n) is 3.64. The molecule has 13 heavy (non-hydrogen) atoms. The first-order valence-corrected chi connectivity index (χ1v) is 3.64. The lowest BCUT2D eigenvalue weighted by Crippen LogP contribution is -2.08. The zero-order chi connectivity index (χ0) is 9.68. The fourth-order valence-electron chi connectivity index (χ4n) is 0.751. The Kier molecular flexibility index (Phi) is 2.98. The molecule has 1 aromatic heterocycles. The molecule has 0 unspecified atom stereocenters. The monoisotopic (exact) mass is 176 g/mol. The molecule has 0 N–H and O–H groups in total. The summed E-state index contributed by atoms with van der Waals surface area (Å²) in [5.74, 6) is 2.20. The van der Waals surface area contributed by atoms with Gasteiger partial charge < -0.3 is 4.74 Å². The van der Waals surface area contributed by atoms with Crippen molar-refractivity contribution in [2.24, 2.45) is 0 Å². The number of ether oxygens (including phenoxy) is 1. The molecule has 0 amide bonds. The number of aromatic nitrogens is 2. The van der Waals surface area contributed by atoms with Gasteiger partial charge in [0.05, 0.1) is 0 Å². The largest absolute Gasteiger partial charge is 0.448 e. The minimum atomic E-state index is -0.525. The second-order valence-electron chi connectivity index (χ2n) is 2.27. The van der Waals surface area contributed by atoms with Crippen LogP contribution in [0.25, 0.3) is 0 Å². The predicted octanol–water partition coefficient (Wildman–Crippen LogP) is 0.575. The van der Waals surface area contributed by atoms with Crippen LogP contribution in [0.5, 0.6) is 0 Å². The van der Waals surface area contributed by atoms with Crippen molar-refractivity contribution in [1.82, 2.24) is 9.97 Å². The van der Waals surface area contributed by atoms with Gasteiger partial charge >= 0.3 is 5.97 Å². The summed E-state index contributed by atoms with van der Waals surface area (Å²) >= 11 is 0. The Morgan fingerprint density at radius 2 is 2.54 bits per heavy atom. The molecule has 0 aromatic carbocycles. The molecule has 0 aliphatic rings. The number of carbonyl (C=O) groups is 1.